The van der Waals surface area contributed by atoms with Crippen molar-refractivity contribution >= 4 is 17.8 Å². The molecular formula is C24H25FN4O2. The second-order valence-corrected chi connectivity index (χ2v) is 7.49. The van der Waals surface area contributed by atoms with Crippen LogP contribution in [0, 0.1) is 19.7 Å². The van der Waals surface area contributed by atoms with Gasteiger partial charge >= 0.3 is 0 Å². The number of hydrogen-bond acceptors (Lipinski definition) is 4. The third-order valence-corrected chi connectivity index (χ3v) is 5.41. The molecule has 1 saturated heterocycles. The van der Waals surface area contributed by atoms with Crippen LogP contribution in [0.2, 0.25) is 0 Å². The van der Waals surface area contributed by atoms with Gasteiger partial charge in [0.1, 0.15) is 5.82 Å². The van der Waals surface area contributed by atoms with E-state index >= 15 is 0 Å². The third kappa shape index (κ3) is 4.67. The average molecular weight is 420 g/mol. The molecule has 0 bridgehead atoms. The molecule has 1 fully saturated rings. The lowest BCUT2D eigenvalue weighted by Gasteiger charge is -2.28. The quantitative estimate of drug-likeness (QED) is 0.504. The molecule has 0 unspecified atom stereocenters. The van der Waals surface area contributed by atoms with Crippen molar-refractivity contribution in [2.45, 2.75) is 13.8 Å². The van der Waals surface area contributed by atoms with Crippen LogP contribution in [0.1, 0.15) is 27.3 Å². The summed E-state index contributed by atoms with van der Waals surface area (Å²) in [5.74, 6) is -0.584. The van der Waals surface area contributed by atoms with E-state index < -0.39 is 0 Å². The first kappa shape index (κ1) is 20.8. The highest BCUT2D eigenvalue weighted by molar-refractivity contribution is 5.96. The number of anilines is 1. The molecule has 31 heavy (non-hydrogen) atoms. The zero-order valence-electron chi connectivity index (χ0n) is 17.6. The van der Waals surface area contributed by atoms with Gasteiger partial charge in [0.15, 0.2) is 0 Å². The number of hydrazone groups is 1. The van der Waals surface area contributed by atoms with Gasteiger partial charge < -0.3 is 14.2 Å². The van der Waals surface area contributed by atoms with E-state index in [1.165, 1.54) is 12.1 Å². The van der Waals surface area contributed by atoms with Crippen LogP contribution >= 0.6 is 0 Å². The van der Waals surface area contributed by atoms with Gasteiger partial charge in [0.25, 0.3) is 5.91 Å². The first-order chi connectivity index (χ1) is 15.0. The first-order valence-electron chi connectivity index (χ1n) is 10.2. The van der Waals surface area contributed by atoms with Crippen LogP contribution in [-0.4, -0.2) is 43.0 Å². The summed E-state index contributed by atoms with van der Waals surface area (Å²) in [6, 6.07) is 16.0. The number of rotatable bonds is 5. The Morgan fingerprint density at radius 2 is 1.68 bits per heavy atom. The van der Waals surface area contributed by atoms with E-state index in [0.29, 0.717) is 5.56 Å². The highest BCUT2D eigenvalue weighted by Gasteiger charge is 2.16. The van der Waals surface area contributed by atoms with Gasteiger partial charge in [0.05, 0.1) is 25.0 Å². The van der Waals surface area contributed by atoms with E-state index in [0.717, 1.165) is 54.6 Å². The molecule has 7 heteroatoms. The number of aromatic nitrogens is 1. The molecule has 2 heterocycles. The second kappa shape index (κ2) is 9.14. The van der Waals surface area contributed by atoms with Crippen molar-refractivity contribution in [1.82, 2.24) is 9.99 Å². The Hall–Kier alpha value is -3.45. The molecule has 3 aromatic rings. The lowest BCUT2D eigenvalue weighted by Crippen LogP contribution is -2.36. The fraction of sp³-hybridized carbons (Fsp3) is 0.250. The van der Waals surface area contributed by atoms with E-state index in [-0.39, 0.29) is 11.7 Å². The van der Waals surface area contributed by atoms with Gasteiger partial charge in [-0.05, 0) is 61.9 Å². The van der Waals surface area contributed by atoms with Crippen molar-refractivity contribution in [2.24, 2.45) is 5.10 Å². The number of morpholine rings is 1. The molecule has 1 aromatic heterocycles. The summed E-state index contributed by atoms with van der Waals surface area (Å²) in [4.78, 5) is 14.9. The van der Waals surface area contributed by atoms with Gasteiger partial charge in [-0.3, -0.25) is 4.79 Å². The number of carbonyl (C=O) groups is 1. The van der Waals surface area contributed by atoms with Crippen LogP contribution in [0.3, 0.4) is 0 Å². The van der Waals surface area contributed by atoms with Crippen molar-refractivity contribution in [2.75, 3.05) is 31.2 Å². The Kier molecular flexibility index (Phi) is 6.13. The molecule has 4 rings (SSSR count). The molecule has 160 valence electrons. The lowest BCUT2D eigenvalue weighted by molar-refractivity contribution is 0.0954. The minimum atomic E-state index is -0.295. The number of hydrogen-bond donors (Lipinski definition) is 1. The Morgan fingerprint density at radius 1 is 1.03 bits per heavy atom. The topological polar surface area (TPSA) is 58.9 Å². The summed E-state index contributed by atoms with van der Waals surface area (Å²) in [6.45, 7) is 7.04. The highest BCUT2D eigenvalue weighted by atomic mass is 19.1. The number of aryl methyl sites for hydroxylation is 1. The SMILES string of the molecule is Cc1cc(C(=O)N/N=C/c2ccc(N3CCOCC3)cc2)c(C)n1-c1ccc(F)cc1. The molecule has 1 aliphatic rings. The zero-order valence-corrected chi connectivity index (χ0v) is 17.6. The normalized spacial score (nSPS) is 14.2. The predicted octanol–water partition coefficient (Wildman–Crippen LogP) is 3.83. The van der Waals surface area contributed by atoms with Crippen molar-refractivity contribution in [3.63, 3.8) is 0 Å². The van der Waals surface area contributed by atoms with E-state index in [1.807, 2.05) is 42.7 Å². The molecule has 0 spiro atoms. The summed E-state index contributed by atoms with van der Waals surface area (Å²) >= 11 is 0. The van der Waals surface area contributed by atoms with Crippen LogP contribution in [-0.2, 0) is 4.74 Å². The zero-order chi connectivity index (χ0) is 21.8. The Balaban J connectivity index is 1.42. The fourth-order valence-electron chi connectivity index (χ4n) is 3.80. The van der Waals surface area contributed by atoms with E-state index in [2.05, 4.69) is 15.4 Å². The lowest BCUT2D eigenvalue weighted by atomic mass is 10.2. The van der Waals surface area contributed by atoms with E-state index in [1.54, 1.807) is 24.4 Å². The molecule has 0 radical (unpaired) electrons. The average Bonchev–Trinajstić information content (AvgIpc) is 3.09. The minimum absolute atomic E-state index is 0.289. The van der Waals surface area contributed by atoms with Crippen molar-refractivity contribution in [3.8, 4) is 5.69 Å². The molecule has 0 atom stereocenters. The van der Waals surface area contributed by atoms with Crippen LogP contribution in [0.4, 0.5) is 10.1 Å². The monoisotopic (exact) mass is 420 g/mol. The summed E-state index contributed by atoms with van der Waals surface area (Å²) < 4.78 is 20.5. The molecule has 0 aliphatic carbocycles. The van der Waals surface area contributed by atoms with Crippen LogP contribution in [0.5, 0.6) is 0 Å². The van der Waals surface area contributed by atoms with Crippen molar-refractivity contribution in [1.29, 1.82) is 0 Å². The van der Waals surface area contributed by atoms with Crippen molar-refractivity contribution < 1.29 is 13.9 Å². The Bertz CT molecular complexity index is 1080. The van der Waals surface area contributed by atoms with E-state index in [4.69, 9.17) is 4.74 Å². The van der Waals surface area contributed by atoms with Gasteiger partial charge in [-0.15, -0.1) is 0 Å². The van der Waals surface area contributed by atoms with Gasteiger partial charge in [0.2, 0.25) is 0 Å². The van der Waals surface area contributed by atoms with E-state index in [9.17, 15) is 9.18 Å². The molecule has 6 nitrogen and oxygen atoms in total. The molecule has 1 amide bonds. The summed E-state index contributed by atoms with van der Waals surface area (Å²) in [5.41, 5.74) is 7.64. The summed E-state index contributed by atoms with van der Waals surface area (Å²) in [7, 11) is 0. The fourth-order valence-corrected chi connectivity index (χ4v) is 3.80. The standard InChI is InChI=1S/C24H25FN4O2/c1-17-15-23(18(2)29(17)22-9-5-20(25)6-10-22)24(30)27-26-16-19-3-7-21(8-4-19)28-11-13-31-14-12-28/h3-10,15-16H,11-14H2,1-2H3,(H,27,30)/b26-16+. The van der Waals surface area contributed by atoms with Crippen LogP contribution in [0.25, 0.3) is 5.69 Å². The smallest absolute Gasteiger partial charge is 0.273 e. The maximum atomic E-state index is 13.2. The maximum Gasteiger partial charge on any atom is 0.273 e. The van der Waals surface area contributed by atoms with Crippen LogP contribution < -0.4 is 10.3 Å². The third-order valence-electron chi connectivity index (χ3n) is 5.41. The number of carbonyl (C=O) groups excluding carboxylic acids is 1. The number of benzene rings is 2. The molecule has 2 aromatic carbocycles. The Morgan fingerprint density at radius 3 is 2.35 bits per heavy atom. The predicted molar refractivity (Wildman–Crippen MR) is 120 cm³/mol. The van der Waals surface area contributed by atoms with Crippen molar-refractivity contribution in [3.05, 3.63) is 82.9 Å². The summed E-state index contributed by atoms with van der Waals surface area (Å²) in [5, 5.41) is 4.11. The van der Waals surface area contributed by atoms with Gasteiger partial charge in [0, 0.05) is 35.9 Å². The Labute approximate surface area is 180 Å². The molecule has 0 saturated carbocycles. The number of halogens is 1. The first-order valence-corrected chi connectivity index (χ1v) is 10.2. The maximum absolute atomic E-state index is 13.2. The molecule has 1 N–H and O–H groups in total. The van der Waals surface area contributed by atoms with Gasteiger partial charge in [-0.25, -0.2) is 9.82 Å². The highest BCUT2D eigenvalue weighted by Crippen LogP contribution is 2.21. The van der Waals surface area contributed by atoms with Crippen LogP contribution in [0.15, 0.2) is 59.7 Å². The number of amides is 1. The largest absolute Gasteiger partial charge is 0.378 e. The molecular weight excluding hydrogens is 395 g/mol. The van der Waals surface area contributed by atoms with Gasteiger partial charge in [-0.1, -0.05) is 12.1 Å². The number of nitrogens with one attached hydrogen (secondary N) is 1. The minimum Gasteiger partial charge on any atom is -0.378 e. The number of ether oxygens (including phenoxy) is 1. The van der Waals surface area contributed by atoms with Gasteiger partial charge in [-0.2, -0.15) is 5.10 Å². The number of nitrogens with zero attached hydrogens (tertiary/aromatic N) is 3. The second-order valence-electron chi connectivity index (χ2n) is 7.49. The molecule has 1 aliphatic heterocycles. The summed E-state index contributed by atoms with van der Waals surface area (Å²) in [6.07, 6.45) is 1.63.